The lowest BCUT2D eigenvalue weighted by Gasteiger charge is -2.30. The first-order valence-electron chi connectivity index (χ1n) is 9.48. The maximum atomic E-state index is 8.96. The van der Waals surface area contributed by atoms with Crippen molar-refractivity contribution in [3.63, 3.8) is 0 Å². The Morgan fingerprint density at radius 3 is 2.00 bits per heavy atom. The van der Waals surface area contributed by atoms with E-state index in [0.717, 1.165) is 43.6 Å². The predicted molar refractivity (Wildman–Crippen MR) is 91.1 cm³/mol. The maximum absolute atomic E-state index is 8.96. The first-order valence-corrected chi connectivity index (χ1v) is 9.48. The number of allylic oxidation sites excluding steroid dienone is 1. The Balaban J connectivity index is 1.54. The minimum Gasteiger partial charge on any atom is -0.501 e. The van der Waals surface area contributed by atoms with Crippen LogP contribution in [0.5, 0.6) is 0 Å². The molecule has 22 heavy (non-hydrogen) atoms. The van der Waals surface area contributed by atoms with Crippen LogP contribution >= 0.6 is 0 Å². The van der Waals surface area contributed by atoms with Gasteiger partial charge in [0.05, 0.1) is 18.9 Å². The van der Waals surface area contributed by atoms with Crippen LogP contribution in [0.25, 0.3) is 0 Å². The van der Waals surface area contributed by atoms with Crippen LogP contribution in [-0.4, -0.2) is 6.61 Å². The van der Waals surface area contributed by atoms with E-state index >= 15 is 0 Å². The summed E-state index contributed by atoms with van der Waals surface area (Å²) in [6.07, 6.45) is 18.3. The van der Waals surface area contributed by atoms with Crippen molar-refractivity contribution in [3.05, 3.63) is 12.3 Å². The van der Waals surface area contributed by atoms with Crippen LogP contribution in [0.4, 0.5) is 0 Å². The SMILES string of the molecule is CC/C=C\OCC1CCC(CCC2CCC(C#N)CC2)CC1. The first-order chi connectivity index (χ1) is 10.8. The topological polar surface area (TPSA) is 33.0 Å². The molecule has 2 fully saturated rings. The fourth-order valence-electron chi connectivity index (χ4n) is 4.09. The summed E-state index contributed by atoms with van der Waals surface area (Å²) in [7, 11) is 0. The normalized spacial score (nSPS) is 32.7. The van der Waals surface area contributed by atoms with Crippen molar-refractivity contribution in [3.8, 4) is 6.07 Å². The van der Waals surface area contributed by atoms with Crippen LogP contribution in [0.3, 0.4) is 0 Å². The highest BCUT2D eigenvalue weighted by molar-refractivity contribution is 4.87. The fourth-order valence-corrected chi connectivity index (χ4v) is 4.09. The largest absolute Gasteiger partial charge is 0.501 e. The number of nitrogens with zero attached hydrogens (tertiary/aromatic N) is 1. The summed E-state index contributed by atoms with van der Waals surface area (Å²) < 4.78 is 5.62. The van der Waals surface area contributed by atoms with E-state index in [1.165, 1.54) is 51.4 Å². The standard InChI is InChI=1S/C20H33NO/c1-2-3-14-22-16-20-12-8-18(9-13-20)5-4-17-6-10-19(15-21)11-7-17/h3,14,17-20H,2,4-13,16H2,1H3/b14-3-. The molecule has 0 unspecified atom stereocenters. The molecule has 0 aliphatic heterocycles. The summed E-state index contributed by atoms with van der Waals surface area (Å²) in [4.78, 5) is 0. The Labute approximate surface area is 136 Å². The zero-order chi connectivity index (χ0) is 15.6. The molecule has 0 bridgehead atoms. The molecule has 0 heterocycles. The Kier molecular flexibility index (Phi) is 7.85. The molecule has 0 amide bonds. The van der Waals surface area contributed by atoms with Gasteiger partial charge < -0.3 is 4.74 Å². The molecule has 2 heteroatoms. The highest BCUT2D eigenvalue weighted by Crippen LogP contribution is 2.36. The fraction of sp³-hybridized carbons (Fsp3) is 0.850. The quantitative estimate of drug-likeness (QED) is 0.553. The van der Waals surface area contributed by atoms with Crippen LogP contribution in [0, 0.1) is 35.0 Å². The van der Waals surface area contributed by atoms with Crippen molar-refractivity contribution in [2.45, 2.75) is 77.6 Å². The van der Waals surface area contributed by atoms with Gasteiger partial charge in [0.15, 0.2) is 0 Å². The number of ether oxygens (including phenoxy) is 1. The van der Waals surface area contributed by atoms with Crippen LogP contribution in [-0.2, 0) is 4.74 Å². The van der Waals surface area contributed by atoms with Gasteiger partial charge in [0.2, 0.25) is 0 Å². The van der Waals surface area contributed by atoms with Crippen molar-refractivity contribution in [1.29, 1.82) is 5.26 Å². The van der Waals surface area contributed by atoms with Gasteiger partial charge in [-0.15, -0.1) is 0 Å². The van der Waals surface area contributed by atoms with Crippen molar-refractivity contribution in [2.75, 3.05) is 6.61 Å². The van der Waals surface area contributed by atoms with Gasteiger partial charge in [-0.25, -0.2) is 0 Å². The van der Waals surface area contributed by atoms with Gasteiger partial charge in [0, 0.05) is 5.92 Å². The monoisotopic (exact) mass is 303 g/mol. The van der Waals surface area contributed by atoms with Gasteiger partial charge >= 0.3 is 0 Å². The lowest BCUT2D eigenvalue weighted by molar-refractivity contribution is 0.142. The highest BCUT2D eigenvalue weighted by atomic mass is 16.5. The Hall–Kier alpha value is -0.970. The van der Waals surface area contributed by atoms with Gasteiger partial charge in [-0.2, -0.15) is 5.26 Å². The minimum atomic E-state index is 0.355. The average Bonchev–Trinajstić information content (AvgIpc) is 2.58. The van der Waals surface area contributed by atoms with Crippen molar-refractivity contribution < 1.29 is 4.74 Å². The highest BCUT2D eigenvalue weighted by Gasteiger charge is 2.24. The van der Waals surface area contributed by atoms with Gasteiger partial charge in [0.1, 0.15) is 0 Å². The predicted octanol–water partition coefficient (Wildman–Crippen LogP) is 5.84. The average molecular weight is 303 g/mol. The molecule has 0 aromatic carbocycles. The molecular weight excluding hydrogens is 270 g/mol. The summed E-state index contributed by atoms with van der Waals surface area (Å²) in [5.41, 5.74) is 0. The molecule has 0 aromatic rings. The molecule has 2 aliphatic carbocycles. The molecule has 0 aromatic heterocycles. The van der Waals surface area contributed by atoms with E-state index < -0.39 is 0 Å². The molecule has 0 saturated heterocycles. The third kappa shape index (κ3) is 6.03. The lowest BCUT2D eigenvalue weighted by Crippen LogP contribution is -2.19. The number of rotatable bonds is 7. The molecular formula is C20H33NO. The van der Waals surface area contributed by atoms with Gasteiger partial charge in [-0.1, -0.05) is 38.7 Å². The molecule has 0 N–H and O–H groups in total. The zero-order valence-electron chi connectivity index (χ0n) is 14.3. The van der Waals surface area contributed by atoms with Gasteiger partial charge in [-0.05, 0) is 62.7 Å². The summed E-state index contributed by atoms with van der Waals surface area (Å²) >= 11 is 0. The number of hydrogen-bond donors (Lipinski definition) is 0. The van der Waals surface area contributed by atoms with Gasteiger partial charge in [0.25, 0.3) is 0 Å². The van der Waals surface area contributed by atoms with Crippen LogP contribution < -0.4 is 0 Å². The molecule has 0 radical (unpaired) electrons. The molecule has 0 atom stereocenters. The second-order valence-corrected chi connectivity index (χ2v) is 7.42. The molecule has 2 nitrogen and oxygen atoms in total. The molecule has 2 saturated carbocycles. The summed E-state index contributed by atoms with van der Waals surface area (Å²) in [5, 5.41) is 8.96. The van der Waals surface area contributed by atoms with Crippen LogP contribution in [0.15, 0.2) is 12.3 Å². The smallest absolute Gasteiger partial charge is 0.0901 e. The Morgan fingerprint density at radius 2 is 1.45 bits per heavy atom. The van der Waals surface area contributed by atoms with E-state index in [-0.39, 0.29) is 0 Å². The van der Waals surface area contributed by atoms with Gasteiger partial charge in [-0.3, -0.25) is 0 Å². The zero-order valence-corrected chi connectivity index (χ0v) is 14.3. The lowest BCUT2D eigenvalue weighted by atomic mass is 9.76. The molecule has 2 aliphatic rings. The summed E-state index contributed by atoms with van der Waals surface area (Å²) in [5.74, 6) is 3.00. The Morgan fingerprint density at radius 1 is 0.909 bits per heavy atom. The van der Waals surface area contributed by atoms with Crippen molar-refractivity contribution >= 4 is 0 Å². The summed E-state index contributed by atoms with van der Waals surface area (Å²) in [6, 6.07) is 2.44. The maximum Gasteiger partial charge on any atom is 0.0901 e. The van der Waals surface area contributed by atoms with Crippen molar-refractivity contribution in [2.24, 2.45) is 23.7 Å². The minimum absolute atomic E-state index is 0.355. The molecule has 124 valence electrons. The summed E-state index contributed by atoms with van der Waals surface area (Å²) in [6.45, 7) is 3.05. The third-order valence-corrected chi connectivity index (χ3v) is 5.74. The third-order valence-electron chi connectivity index (χ3n) is 5.74. The number of hydrogen-bond acceptors (Lipinski definition) is 2. The first kappa shape index (κ1) is 17.4. The second kappa shape index (κ2) is 9.93. The van der Waals surface area contributed by atoms with E-state index in [9.17, 15) is 0 Å². The second-order valence-electron chi connectivity index (χ2n) is 7.42. The van der Waals surface area contributed by atoms with Crippen molar-refractivity contribution in [1.82, 2.24) is 0 Å². The van der Waals surface area contributed by atoms with E-state index in [4.69, 9.17) is 10.00 Å². The van der Waals surface area contributed by atoms with E-state index in [0.29, 0.717) is 5.92 Å². The van der Waals surface area contributed by atoms with E-state index in [2.05, 4.69) is 19.1 Å². The van der Waals surface area contributed by atoms with E-state index in [1.54, 1.807) is 0 Å². The Bertz CT molecular complexity index is 354. The van der Waals surface area contributed by atoms with Crippen LogP contribution in [0.1, 0.15) is 77.6 Å². The van der Waals surface area contributed by atoms with E-state index in [1.807, 2.05) is 6.26 Å². The van der Waals surface area contributed by atoms with Crippen LogP contribution in [0.2, 0.25) is 0 Å². The number of nitriles is 1. The molecule has 0 spiro atoms. The molecule has 2 rings (SSSR count).